The lowest BCUT2D eigenvalue weighted by Crippen LogP contribution is -2.19. The summed E-state index contributed by atoms with van der Waals surface area (Å²) in [6.45, 7) is -0.328. The minimum atomic E-state index is -3.86. The molecule has 7 nitrogen and oxygen atoms in total. The van der Waals surface area contributed by atoms with Crippen LogP contribution >= 0.6 is 15.9 Å². The van der Waals surface area contributed by atoms with E-state index in [9.17, 15) is 22.4 Å². The number of fused-ring (bicyclic) bond motifs is 1. The first kappa shape index (κ1) is 20.2. The van der Waals surface area contributed by atoms with Gasteiger partial charge in [-0.3, -0.25) is 0 Å². The molecule has 10 heteroatoms. The van der Waals surface area contributed by atoms with Crippen molar-refractivity contribution in [1.82, 2.24) is 4.72 Å². The lowest BCUT2D eigenvalue weighted by atomic mass is 10.1. The van der Waals surface area contributed by atoms with Crippen molar-refractivity contribution in [2.24, 2.45) is 0 Å². The molecule has 0 fully saturated rings. The fourth-order valence-electron chi connectivity index (χ4n) is 2.49. The predicted octanol–water partition coefficient (Wildman–Crippen LogP) is 2.96. The Morgan fingerprint density at radius 3 is 2.68 bits per heavy atom. The smallest absolute Gasteiger partial charge is 0.341 e. The molecule has 0 radical (unpaired) electrons. The highest BCUT2D eigenvalue weighted by molar-refractivity contribution is 9.10. The summed E-state index contributed by atoms with van der Waals surface area (Å²) >= 11 is 3.27. The summed E-state index contributed by atoms with van der Waals surface area (Å²) in [6, 6.07) is 8.94. The molecular weight excluding hydrogens is 457 g/mol. The molecule has 146 valence electrons. The van der Waals surface area contributed by atoms with Crippen molar-refractivity contribution in [3.05, 3.63) is 74.3 Å². The van der Waals surface area contributed by atoms with Crippen molar-refractivity contribution in [2.75, 3.05) is 7.05 Å². The Labute approximate surface area is 167 Å². The molecule has 3 aromatic rings. The van der Waals surface area contributed by atoms with Crippen LogP contribution in [-0.4, -0.2) is 21.4 Å². The van der Waals surface area contributed by atoms with Crippen LogP contribution in [0, 0.1) is 5.82 Å². The number of carbonyl (C=O) groups excluding carboxylic acids is 1. The summed E-state index contributed by atoms with van der Waals surface area (Å²) in [4.78, 5) is 23.7. The van der Waals surface area contributed by atoms with Crippen LogP contribution in [0.2, 0.25) is 0 Å². The second kappa shape index (κ2) is 7.82. The molecule has 1 heterocycles. The zero-order valence-electron chi connectivity index (χ0n) is 14.4. The first-order valence-electron chi connectivity index (χ1n) is 7.84. The van der Waals surface area contributed by atoms with Gasteiger partial charge in [0.05, 0.1) is 10.5 Å². The number of sulfonamides is 1. The van der Waals surface area contributed by atoms with Gasteiger partial charge in [-0.1, -0.05) is 15.9 Å². The molecule has 28 heavy (non-hydrogen) atoms. The number of halogens is 2. The quantitative estimate of drug-likeness (QED) is 0.455. The molecule has 0 aliphatic heterocycles. The highest BCUT2D eigenvalue weighted by Gasteiger charge is 2.20. The van der Waals surface area contributed by atoms with Gasteiger partial charge >= 0.3 is 11.6 Å². The first-order valence-corrected chi connectivity index (χ1v) is 10.1. The van der Waals surface area contributed by atoms with Gasteiger partial charge in [-0.05, 0) is 43.4 Å². The van der Waals surface area contributed by atoms with Gasteiger partial charge in [0, 0.05) is 21.5 Å². The van der Waals surface area contributed by atoms with Gasteiger partial charge in [-0.25, -0.2) is 27.1 Å². The number of hydrogen-bond donors (Lipinski definition) is 1. The van der Waals surface area contributed by atoms with E-state index >= 15 is 0 Å². The van der Waals surface area contributed by atoms with Crippen molar-refractivity contribution in [1.29, 1.82) is 0 Å². The van der Waals surface area contributed by atoms with E-state index in [2.05, 4.69) is 20.7 Å². The van der Waals surface area contributed by atoms with Gasteiger partial charge in [0.1, 0.15) is 18.0 Å². The lowest BCUT2D eigenvalue weighted by molar-refractivity contribution is 0.0468. The van der Waals surface area contributed by atoms with E-state index in [4.69, 9.17) is 9.15 Å². The Morgan fingerprint density at radius 1 is 1.21 bits per heavy atom. The Hall–Kier alpha value is -2.56. The van der Waals surface area contributed by atoms with E-state index in [1.807, 2.05) is 0 Å². The molecule has 3 rings (SSSR count). The molecule has 1 aromatic heterocycles. The van der Waals surface area contributed by atoms with E-state index in [1.165, 1.54) is 13.1 Å². The molecule has 0 amide bonds. The average molecular weight is 470 g/mol. The fourth-order valence-corrected chi connectivity index (χ4v) is 3.59. The van der Waals surface area contributed by atoms with Gasteiger partial charge in [0.15, 0.2) is 0 Å². The third-order valence-corrected chi connectivity index (χ3v) is 5.79. The van der Waals surface area contributed by atoms with Crippen molar-refractivity contribution in [3.63, 3.8) is 0 Å². The molecule has 1 N–H and O–H groups in total. The van der Waals surface area contributed by atoms with Gasteiger partial charge in [-0.2, -0.15) is 0 Å². The normalized spacial score (nSPS) is 11.5. The number of ether oxygens (including phenoxy) is 1. The molecular formula is C18H13BrFNO6S. The standard InChI is InChI=1S/C18H13BrFNO6S/c1-21-28(24,25)12-3-5-15(20)14(8-12)18(23)26-9-10-6-17(22)27-16-7-11(19)2-4-13(10)16/h2-8,21H,9H2,1H3. The van der Waals surface area contributed by atoms with Crippen molar-refractivity contribution in [3.8, 4) is 0 Å². The SMILES string of the molecule is CNS(=O)(=O)c1ccc(F)c(C(=O)OCc2cc(=O)oc3cc(Br)ccc23)c1. The molecule has 0 saturated carbocycles. The molecule has 0 aliphatic rings. The zero-order chi connectivity index (χ0) is 20.5. The summed E-state index contributed by atoms with van der Waals surface area (Å²) in [5.74, 6) is -1.99. The zero-order valence-corrected chi connectivity index (χ0v) is 16.8. The van der Waals surface area contributed by atoms with Crippen LogP contribution in [0.3, 0.4) is 0 Å². The van der Waals surface area contributed by atoms with Crippen LogP contribution in [0.5, 0.6) is 0 Å². The summed E-state index contributed by atoms with van der Waals surface area (Å²) in [5, 5.41) is 0.544. The molecule has 0 spiro atoms. The average Bonchev–Trinajstić information content (AvgIpc) is 2.65. The molecule has 2 aromatic carbocycles. The maximum Gasteiger partial charge on any atom is 0.341 e. The molecule has 0 atom stereocenters. The monoisotopic (exact) mass is 469 g/mol. The van der Waals surface area contributed by atoms with E-state index < -0.39 is 33.0 Å². The lowest BCUT2D eigenvalue weighted by Gasteiger charge is -2.09. The number of rotatable bonds is 5. The van der Waals surface area contributed by atoms with Crippen molar-refractivity contribution < 1.29 is 26.8 Å². The summed E-state index contributed by atoms with van der Waals surface area (Å²) < 4.78 is 50.7. The number of hydrogen-bond acceptors (Lipinski definition) is 6. The molecule has 0 unspecified atom stereocenters. The van der Waals surface area contributed by atoms with Gasteiger partial charge in [0.25, 0.3) is 0 Å². The number of nitrogens with one attached hydrogen (secondary N) is 1. The second-order valence-corrected chi connectivity index (χ2v) is 8.46. The predicted molar refractivity (Wildman–Crippen MR) is 102 cm³/mol. The third-order valence-electron chi connectivity index (χ3n) is 3.89. The Morgan fingerprint density at radius 2 is 1.96 bits per heavy atom. The van der Waals surface area contributed by atoms with Crippen LogP contribution < -0.4 is 10.3 Å². The Balaban J connectivity index is 1.90. The van der Waals surface area contributed by atoms with E-state index in [0.29, 0.717) is 21.0 Å². The topological polar surface area (TPSA) is 103 Å². The van der Waals surface area contributed by atoms with Crippen molar-refractivity contribution in [2.45, 2.75) is 11.5 Å². The molecule has 0 bridgehead atoms. The Bertz CT molecular complexity index is 1240. The summed E-state index contributed by atoms with van der Waals surface area (Å²) in [5.41, 5.74) is -0.510. The fraction of sp³-hybridized carbons (Fsp3) is 0.111. The van der Waals surface area contributed by atoms with E-state index in [0.717, 1.165) is 18.2 Å². The van der Waals surface area contributed by atoms with E-state index in [-0.39, 0.29) is 11.5 Å². The van der Waals surface area contributed by atoms with Gasteiger partial charge < -0.3 is 9.15 Å². The second-order valence-electron chi connectivity index (χ2n) is 5.66. The minimum absolute atomic E-state index is 0.279. The van der Waals surface area contributed by atoms with Crippen LogP contribution in [0.4, 0.5) is 4.39 Å². The van der Waals surface area contributed by atoms with Crippen molar-refractivity contribution >= 4 is 42.9 Å². The van der Waals surface area contributed by atoms with Crippen LogP contribution in [0.1, 0.15) is 15.9 Å². The highest BCUT2D eigenvalue weighted by atomic mass is 79.9. The number of benzene rings is 2. The maximum atomic E-state index is 14.0. The number of esters is 1. The Kier molecular flexibility index (Phi) is 5.64. The van der Waals surface area contributed by atoms with Crippen LogP contribution in [-0.2, 0) is 21.4 Å². The molecule has 0 aliphatic carbocycles. The van der Waals surface area contributed by atoms with Gasteiger partial charge in [-0.15, -0.1) is 0 Å². The summed E-state index contributed by atoms with van der Waals surface area (Å²) in [7, 11) is -2.66. The molecule has 0 saturated heterocycles. The third kappa shape index (κ3) is 4.13. The summed E-state index contributed by atoms with van der Waals surface area (Å²) in [6.07, 6.45) is 0. The largest absolute Gasteiger partial charge is 0.457 e. The van der Waals surface area contributed by atoms with Crippen LogP contribution in [0.15, 0.2) is 61.0 Å². The highest BCUT2D eigenvalue weighted by Crippen LogP contribution is 2.23. The first-order chi connectivity index (χ1) is 13.2. The minimum Gasteiger partial charge on any atom is -0.457 e. The van der Waals surface area contributed by atoms with E-state index in [1.54, 1.807) is 18.2 Å². The van der Waals surface area contributed by atoms with Crippen LogP contribution in [0.25, 0.3) is 11.0 Å². The maximum absolute atomic E-state index is 14.0. The number of carbonyl (C=O) groups is 1. The van der Waals surface area contributed by atoms with Gasteiger partial charge in [0.2, 0.25) is 10.0 Å².